The molecular weight excluding hydrogens is 300 g/mol. The van der Waals surface area contributed by atoms with Gasteiger partial charge in [-0.3, -0.25) is 4.90 Å². The Labute approximate surface area is 146 Å². The summed E-state index contributed by atoms with van der Waals surface area (Å²) in [5.41, 5.74) is 0.837. The summed E-state index contributed by atoms with van der Waals surface area (Å²) in [5.74, 6) is 0.426. The van der Waals surface area contributed by atoms with Crippen LogP contribution in [0.4, 0.5) is 4.79 Å². The van der Waals surface area contributed by atoms with Crippen LogP contribution in [-0.2, 0) is 11.3 Å². The number of hydrogen-bond acceptors (Lipinski definition) is 3. The van der Waals surface area contributed by atoms with Crippen molar-refractivity contribution in [3.63, 3.8) is 0 Å². The van der Waals surface area contributed by atoms with Crippen molar-refractivity contribution >= 4 is 6.09 Å². The highest BCUT2D eigenvalue weighted by Gasteiger charge is 2.38. The molecule has 1 saturated heterocycles. The van der Waals surface area contributed by atoms with E-state index in [1.54, 1.807) is 0 Å². The van der Waals surface area contributed by atoms with Crippen molar-refractivity contribution in [3.8, 4) is 0 Å². The molecule has 0 aliphatic carbocycles. The molecule has 0 bridgehead atoms. The molecule has 1 heterocycles. The Morgan fingerprint density at radius 1 is 1.21 bits per heavy atom. The summed E-state index contributed by atoms with van der Waals surface area (Å²) in [4.78, 5) is 14.7. The molecule has 2 rings (SSSR count). The van der Waals surface area contributed by atoms with E-state index in [0.717, 1.165) is 13.0 Å². The number of amides is 1. The van der Waals surface area contributed by atoms with Gasteiger partial charge < -0.3 is 10.1 Å². The van der Waals surface area contributed by atoms with Crippen LogP contribution in [0.2, 0.25) is 0 Å². The fraction of sp³-hybridized carbons (Fsp3) is 0.650. The number of alkyl carbamates (subject to hydrolysis) is 1. The SMILES string of the molecule is C[C@@H]1C[C@H](C)N(Cc2ccccc2)[C@H](C)[C@H]1NC(=O)OC(C)(C)C. The minimum absolute atomic E-state index is 0.0970. The van der Waals surface area contributed by atoms with E-state index < -0.39 is 5.60 Å². The first-order valence-electron chi connectivity index (χ1n) is 8.96. The molecule has 0 aromatic heterocycles. The normalized spacial score (nSPS) is 28.4. The second-order valence-corrected chi connectivity index (χ2v) is 8.13. The zero-order chi connectivity index (χ0) is 17.9. The van der Waals surface area contributed by atoms with Crippen molar-refractivity contribution in [1.82, 2.24) is 10.2 Å². The smallest absolute Gasteiger partial charge is 0.407 e. The van der Waals surface area contributed by atoms with Crippen LogP contribution in [0.5, 0.6) is 0 Å². The molecule has 0 saturated carbocycles. The third-order valence-corrected chi connectivity index (χ3v) is 4.83. The molecule has 0 unspecified atom stereocenters. The van der Waals surface area contributed by atoms with Gasteiger partial charge in [0.15, 0.2) is 0 Å². The molecule has 1 aliphatic heterocycles. The van der Waals surface area contributed by atoms with Gasteiger partial charge in [0.1, 0.15) is 5.60 Å². The second kappa shape index (κ2) is 7.56. The lowest BCUT2D eigenvalue weighted by atomic mass is 9.83. The lowest BCUT2D eigenvalue weighted by Gasteiger charge is -2.47. The number of nitrogens with zero attached hydrogens (tertiary/aromatic N) is 1. The lowest BCUT2D eigenvalue weighted by molar-refractivity contribution is 0.0171. The van der Waals surface area contributed by atoms with Gasteiger partial charge in [0.25, 0.3) is 0 Å². The molecule has 0 spiro atoms. The van der Waals surface area contributed by atoms with Crippen LogP contribution in [0.15, 0.2) is 30.3 Å². The Bertz CT molecular complexity index is 538. The molecule has 1 N–H and O–H groups in total. The number of rotatable bonds is 3. The van der Waals surface area contributed by atoms with E-state index in [9.17, 15) is 4.79 Å². The summed E-state index contributed by atoms with van der Waals surface area (Å²) in [6.07, 6.45) is 0.748. The summed E-state index contributed by atoms with van der Waals surface area (Å²) in [6.45, 7) is 13.3. The maximum atomic E-state index is 12.2. The number of carbonyl (C=O) groups is 1. The molecule has 1 aliphatic rings. The predicted molar refractivity (Wildman–Crippen MR) is 97.8 cm³/mol. The van der Waals surface area contributed by atoms with E-state index >= 15 is 0 Å². The number of ether oxygens (including phenoxy) is 1. The van der Waals surface area contributed by atoms with Gasteiger partial charge in [0, 0.05) is 18.6 Å². The van der Waals surface area contributed by atoms with Crippen molar-refractivity contribution in [2.24, 2.45) is 5.92 Å². The molecule has 134 valence electrons. The number of carbonyl (C=O) groups excluding carboxylic acids is 1. The number of benzene rings is 1. The van der Waals surface area contributed by atoms with Gasteiger partial charge in [0.2, 0.25) is 0 Å². The topological polar surface area (TPSA) is 41.6 Å². The van der Waals surface area contributed by atoms with Crippen LogP contribution in [0, 0.1) is 5.92 Å². The molecule has 1 fully saturated rings. The van der Waals surface area contributed by atoms with Crippen molar-refractivity contribution in [1.29, 1.82) is 0 Å². The summed E-state index contributed by atoms with van der Waals surface area (Å²) < 4.78 is 5.45. The van der Waals surface area contributed by atoms with E-state index in [0.29, 0.717) is 12.0 Å². The van der Waals surface area contributed by atoms with E-state index in [2.05, 4.69) is 55.3 Å². The van der Waals surface area contributed by atoms with Crippen molar-refractivity contribution in [2.75, 3.05) is 0 Å². The number of hydrogen-bond donors (Lipinski definition) is 1. The first-order chi connectivity index (χ1) is 11.2. The number of piperidine rings is 1. The highest BCUT2D eigenvalue weighted by Crippen LogP contribution is 2.29. The van der Waals surface area contributed by atoms with Crippen LogP contribution in [0.25, 0.3) is 0 Å². The first kappa shape index (κ1) is 18.8. The second-order valence-electron chi connectivity index (χ2n) is 8.13. The summed E-state index contributed by atoms with van der Waals surface area (Å²) in [5, 5.41) is 3.11. The van der Waals surface area contributed by atoms with Gasteiger partial charge in [-0.05, 0) is 52.5 Å². The Kier molecular flexibility index (Phi) is 5.92. The van der Waals surface area contributed by atoms with E-state index in [1.807, 2.05) is 26.8 Å². The highest BCUT2D eigenvalue weighted by molar-refractivity contribution is 5.68. The van der Waals surface area contributed by atoms with Crippen molar-refractivity contribution < 1.29 is 9.53 Å². The maximum Gasteiger partial charge on any atom is 0.407 e. The van der Waals surface area contributed by atoms with Gasteiger partial charge >= 0.3 is 6.09 Å². The Hall–Kier alpha value is -1.55. The van der Waals surface area contributed by atoms with Crippen molar-refractivity contribution in [3.05, 3.63) is 35.9 Å². The van der Waals surface area contributed by atoms with Gasteiger partial charge in [0.05, 0.1) is 6.04 Å². The molecule has 4 atom stereocenters. The summed E-state index contributed by atoms with van der Waals surface area (Å²) >= 11 is 0. The maximum absolute atomic E-state index is 12.2. The van der Waals surface area contributed by atoms with Crippen LogP contribution in [-0.4, -0.2) is 34.7 Å². The van der Waals surface area contributed by atoms with E-state index in [-0.39, 0.29) is 18.2 Å². The zero-order valence-electron chi connectivity index (χ0n) is 15.9. The monoisotopic (exact) mass is 332 g/mol. The van der Waals surface area contributed by atoms with E-state index in [4.69, 9.17) is 4.74 Å². The van der Waals surface area contributed by atoms with Crippen LogP contribution in [0.1, 0.15) is 53.5 Å². The Morgan fingerprint density at radius 3 is 2.42 bits per heavy atom. The Balaban J connectivity index is 2.07. The van der Waals surface area contributed by atoms with Gasteiger partial charge in [-0.25, -0.2) is 4.79 Å². The van der Waals surface area contributed by atoms with Gasteiger partial charge in [-0.2, -0.15) is 0 Å². The molecule has 4 heteroatoms. The largest absolute Gasteiger partial charge is 0.444 e. The minimum Gasteiger partial charge on any atom is -0.444 e. The lowest BCUT2D eigenvalue weighted by Crippen LogP contribution is -2.60. The standard InChI is InChI=1S/C20H32N2O2/c1-14-12-15(2)22(13-17-10-8-7-9-11-17)16(3)18(14)21-19(23)24-20(4,5)6/h7-11,14-16,18H,12-13H2,1-6H3,(H,21,23)/t14-,15+,16-,18+/m1/s1. The van der Waals surface area contributed by atoms with Crippen molar-refractivity contribution in [2.45, 2.75) is 78.2 Å². The molecule has 0 radical (unpaired) electrons. The van der Waals surface area contributed by atoms with Crippen LogP contribution in [0.3, 0.4) is 0 Å². The number of nitrogens with one attached hydrogen (secondary N) is 1. The Morgan fingerprint density at radius 2 is 1.83 bits per heavy atom. The third kappa shape index (κ3) is 4.97. The average molecular weight is 332 g/mol. The molecule has 1 amide bonds. The number of likely N-dealkylation sites (tertiary alicyclic amines) is 1. The summed E-state index contributed by atoms with van der Waals surface area (Å²) in [6, 6.07) is 11.4. The first-order valence-corrected chi connectivity index (χ1v) is 8.96. The quantitative estimate of drug-likeness (QED) is 0.902. The third-order valence-electron chi connectivity index (χ3n) is 4.83. The minimum atomic E-state index is -0.470. The van der Waals surface area contributed by atoms with Gasteiger partial charge in [-0.1, -0.05) is 37.3 Å². The van der Waals surface area contributed by atoms with Crippen LogP contribution >= 0.6 is 0 Å². The highest BCUT2D eigenvalue weighted by atomic mass is 16.6. The molecule has 1 aromatic carbocycles. The van der Waals surface area contributed by atoms with Gasteiger partial charge in [-0.15, -0.1) is 0 Å². The average Bonchev–Trinajstić information content (AvgIpc) is 2.47. The predicted octanol–water partition coefficient (Wildman–Crippen LogP) is 4.20. The van der Waals surface area contributed by atoms with Crippen LogP contribution < -0.4 is 5.32 Å². The molecular formula is C20H32N2O2. The molecule has 4 nitrogen and oxygen atoms in total. The van der Waals surface area contributed by atoms with E-state index in [1.165, 1.54) is 5.56 Å². The molecule has 1 aromatic rings. The molecule has 24 heavy (non-hydrogen) atoms. The fourth-order valence-corrected chi connectivity index (χ4v) is 3.70. The summed E-state index contributed by atoms with van der Waals surface area (Å²) in [7, 11) is 0. The fourth-order valence-electron chi connectivity index (χ4n) is 3.70. The zero-order valence-corrected chi connectivity index (χ0v) is 15.9.